The van der Waals surface area contributed by atoms with Crippen LogP contribution < -0.4 is 11.1 Å². The maximum Gasteiger partial charge on any atom is 0.332 e. The minimum Gasteiger partial charge on any atom is -0.458 e. The van der Waals surface area contributed by atoms with Gasteiger partial charge in [0.15, 0.2) is 8.32 Å². The number of aliphatic hydroxyl groups is 1. The van der Waals surface area contributed by atoms with Crippen LogP contribution in [-0.2, 0) is 28.2 Å². The summed E-state index contributed by atoms with van der Waals surface area (Å²) in [5.74, 6) is 13.1. The van der Waals surface area contributed by atoms with E-state index < -0.39 is 20.0 Å². The molecule has 2 heterocycles. The molecule has 4 aliphatic carbocycles. The van der Waals surface area contributed by atoms with Crippen LogP contribution in [0.4, 0.5) is 11.9 Å². The van der Waals surface area contributed by atoms with E-state index in [-0.39, 0.29) is 69.8 Å². The van der Waals surface area contributed by atoms with Gasteiger partial charge in [-0.25, -0.2) is 4.79 Å². The van der Waals surface area contributed by atoms with Gasteiger partial charge < -0.3 is 29.5 Å². The average molecular weight is 1220 g/mol. The Morgan fingerprint density at radius 1 is 0.682 bits per heavy atom. The first-order chi connectivity index (χ1) is 41.9. The lowest BCUT2D eigenvalue weighted by Gasteiger charge is -2.50. The maximum atomic E-state index is 12.0. The molecule has 0 radical (unpaired) electrons. The molecule has 0 aliphatic heterocycles. The first-order valence-electron chi connectivity index (χ1n) is 31.4. The van der Waals surface area contributed by atoms with Crippen molar-refractivity contribution >= 4 is 32.1 Å². The lowest BCUT2D eigenvalue weighted by Crippen LogP contribution is -2.50. The standard InChI is InChI=1S/C39H58O4Si.C30H37N5O3.CH3N5/c1-36(2,3)42-35(40)31-41-30-24-33-22-13-15-25-38(33,7)26-16-14-23-34(43-44(8,9)37(4,5)6)39(28-18-29-39)27-17-21-32-19-11-10-12-20-32;1-29(17-7-5-14-25(29)16-22-38-23-27(37)31-28-32-34-35-33-28)18-8-6-15-26(36)30(20-10-21-30)19-9-13-24-11-3-2-4-12-24;2-1-3-5-6-4-1/h10-12,14,16,19-20,23-24,26,34H,13,15,18,22,25,27-31H2,1-9H3;2-4,6,8,11-12,15-16,18,26,36H,5,7,10,14,17,19-23H2,1H3,(H2,31,32,33,34,35,37);(H3,2,3,4,5,6)/b23-14+,26-16+,33-24+;15-6+,18-8+,25-16+;/t34?,38-;26?,29-;/m00./s1. The number of nitrogens with zero attached hydrogens (tertiary/aromatic N) is 6. The molecule has 4 aromatic rings. The van der Waals surface area contributed by atoms with Crippen LogP contribution in [0.25, 0.3) is 0 Å². The number of aromatic amines is 2. The number of nitrogen functional groups attached to an aromatic ring is 1. The molecule has 0 bridgehead atoms. The van der Waals surface area contributed by atoms with E-state index in [1.54, 1.807) is 0 Å². The average Bonchev–Trinajstić information content (AvgIpc) is 3.06. The summed E-state index contributed by atoms with van der Waals surface area (Å²) in [5, 5.41) is 38.7. The highest BCUT2D eigenvalue weighted by Crippen LogP contribution is 2.51. The first kappa shape index (κ1) is 70.0. The molecule has 18 heteroatoms. The van der Waals surface area contributed by atoms with Crippen LogP contribution in [0.5, 0.6) is 0 Å². The van der Waals surface area contributed by atoms with E-state index in [1.807, 2.05) is 81.5 Å². The van der Waals surface area contributed by atoms with Crippen LogP contribution >= 0.6 is 0 Å². The number of H-pyrrole nitrogens is 2. The van der Waals surface area contributed by atoms with Gasteiger partial charge in [0, 0.05) is 45.6 Å². The molecule has 4 fully saturated rings. The quantitative estimate of drug-likeness (QED) is 0.0130. The third-order valence-corrected chi connectivity index (χ3v) is 22.2. The van der Waals surface area contributed by atoms with E-state index in [9.17, 15) is 14.7 Å². The summed E-state index contributed by atoms with van der Waals surface area (Å²) in [6, 6.07) is 20.3. The van der Waals surface area contributed by atoms with Gasteiger partial charge in [-0.1, -0.05) is 202 Å². The molecule has 17 nitrogen and oxygen atoms in total. The van der Waals surface area contributed by atoms with E-state index in [4.69, 9.17) is 24.4 Å². The van der Waals surface area contributed by atoms with Crippen molar-refractivity contribution in [2.45, 2.75) is 194 Å². The van der Waals surface area contributed by atoms with Gasteiger partial charge in [0.1, 0.15) is 18.8 Å². The largest absolute Gasteiger partial charge is 0.458 e. The molecule has 8 rings (SSSR count). The van der Waals surface area contributed by atoms with Crippen molar-refractivity contribution in [1.29, 1.82) is 0 Å². The molecule has 0 spiro atoms. The zero-order chi connectivity index (χ0) is 63.6. The van der Waals surface area contributed by atoms with Crippen molar-refractivity contribution in [2.24, 2.45) is 21.7 Å². The third-order valence-electron chi connectivity index (χ3n) is 17.8. The Labute approximate surface area is 524 Å². The SMILES string of the molecule is CC(C)(C)OC(=O)COC/C=C1\CCCC[C@@]1(C)/C=C/C=C/C(O[Si](C)(C)C(C)(C)C)C1(CC#Cc2ccccc2)CCC1.C[C@@]1(/C=C/C=C/C(O)C2(CC#Cc3ccccc3)CCC2)CCCC/C1=C\COCC(=O)Nc1nn[nH]n1.Nc1nn[nH]n1. The van der Waals surface area contributed by atoms with Crippen LogP contribution in [0.1, 0.15) is 169 Å². The summed E-state index contributed by atoms with van der Waals surface area (Å²) < 4.78 is 23.7. The third kappa shape index (κ3) is 22.5. The Morgan fingerprint density at radius 2 is 1.19 bits per heavy atom. The van der Waals surface area contributed by atoms with Gasteiger partial charge in [-0.05, 0) is 138 Å². The number of hydrogen-bond donors (Lipinski definition) is 5. The Balaban J connectivity index is 0.000000258. The number of rotatable bonds is 21. The Bertz CT molecular complexity index is 3100. The summed E-state index contributed by atoms with van der Waals surface area (Å²) >= 11 is 0. The fourth-order valence-corrected chi connectivity index (χ4v) is 12.4. The molecule has 88 heavy (non-hydrogen) atoms. The fraction of sp³-hybridized carbons (Fsp3) is 0.543. The van der Waals surface area contributed by atoms with Crippen molar-refractivity contribution in [3.63, 3.8) is 0 Å². The predicted molar refractivity (Wildman–Crippen MR) is 351 cm³/mol. The molecule has 4 saturated carbocycles. The minimum atomic E-state index is -2.00. The molecule has 4 aliphatic rings. The molecule has 2 aromatic carbocycles. The van der Waals surface area contributed by atoms with E-state index in [0.717, 1.165) is 81.8 Å². The van der Waals surface area contributed by atoms with Crippen molar-refractivity contribution in [3.8, 4) is 23.7 Å². The van der Waals surface area contributed by atoms with Gasteiger partial charge in [-0.3, -0.25) is 10.1 Å². The van der Waals surface area contributed by atoms with Crippen LogP contribution in [-0.4, -0.2) is 111 Å². The number of aromatic nitrogens is 8. The molecule has 1 amide bonds. The fourth-order valence-electron chi connectivity index (χ4n) is 11.1. The lowest BCUT2D eigenvalue weighted by atomic mass is 9.63. The van der Waals surface area contributed by atoms with Gasteiger partial charge in [-0.2, -0.15) is 10.4 Å². The molecular formula is C70H98N10O7Si. The summed E-state index contributed by atoms with van der Waals surface area (Å²) in [6.45, 7) is 22.5. The summed E-state index contributed by atoms with van der Waals surface area (Å²) in [7, 11) is -2.00. The normalized spacial score (nSPS) is 21.6. The zero-order valence-corrected chi connectivity index (χ0v) is 55.0. The Morgan fingerprint density at radius 3 is 1.65 bits per heavy atom. The highest BCUT2D eigenvalue weighted by Gasteiger charge is 2.48. The monoisotopic (exact) mass is 1220 g/mol. The number of carbonyl (C=O) groups excluding carboxylic acids is 2. The Hall–Kier alpha value is -7.06. The van der Waals surface area contributed by atoms with E-state index in [1.165, 1.54) is 36.8 Å². The smallest absolute Gasteiger partial charge is 0.332 e. The van der Waals surface area contributed by atoms with E-state index in [2.05, 4.69) is 179 Å². The summed E-state index contributed by atoms with van der Waals surface area (Å²) in [6.07, 6.45) is 38.3. The van der Waals surface area contributed by atoms with Crippen molar-refractivity contribution in [2.75, 3.05) is 37.5 Å². The molecule has 0 saturated heterocycles. The zero-order valence-electron chi connectivity index (χ0n) is 54.0. The number of esters is 1. The number of nitrogens with two attached hydrogens (primary N) is 1. The predicted octanol–water partition coefficient (Wildman–Crippen LogP) is 13.5. The first-order valence-corrected chi connectivity index (χ1v) is 34.3. The number of aliphatic hydroxyl groups excluding tert-OH is 1. The summed E-state index contributed by atoms with van der Waals surface area (Å²) in [4.78, 5) is 23.9. The van der Waals surface area contributed by atoms with E-state index in [0.29, 0.717) is 19.6 Å². The van der Waals surface area contributed by atoms with Gasteiger partial charge in [0.25, 0.3) is 17.8 Å². The molecule has 4 atom stereocenters. The van der Waals surface area contributed by atoms with Crippen molar-refractivity contribution < 1.29 is 33.3 Å². The molecular weight excluding hydrogens is 1120 g/mol. The van der Waals surface area contributed by atoms with Crippen LogP contribution in [0.2, 0.25) is 18.1 Å². The van der Waals surface area contributed by atoms with Crippen LogP contribution in [0.3, 0.4) is 0 Å². The molecule has 2 unspecified atom stereocenters. The Kier molecular flexibility index (Phi) is 26.7. The van der Waals surface area contributed by atoms with Gasteiger partial charge >= 0.3 is 5.97 Å². The second-order valence-electron chi connectivity index (χ2n) is 26.7. The maximum absolute atomic E-state index is 12.0. The van der Waals surface area contributed by atoms with E-state index >= 15 is 0 Å². The van der Waals surface area contributed by atoms with Crippen LogP contribution in [0, 0.1) is 45.3 Å². The number of hydrogen-bond acceptors (Lipinski definition) is 14. The number of allylic oxidation sites excluding steroid dienone is 8. The second kappa shape index (κ2) is 33.5. The minimum absolute atomic E-state index is 0.0244. The van der Waals surface area contributed by atoms with Crippen LogP contribution in [0.15, 0.2) is 133 Å². The number of ether oxygens (including phenoxy) is 3. The number of anilines is 2. The van der Waals surface area contributed by atoms with Gasteiger partial charge in [-0.15, -0.1) is 10.2 Å². The number of nitrogens with one attached hydrogen (secondary N) is 3. The number of amides is 1. The highest BCUT2D eigenvalue weighted by molar-refractivity contribution is 6.74. The van der Waals surface area contributed by atoms with Crippen molar-refractivity contribution in [3.05, 3.63) is 144 Å². The number of benzene rings is 2. The summed E-state index contributed by atoms with van der Waals surface area (Å²) in [5.41, 5.74) is 9.08. The van der Waals surface area contributed by atoms with Gasteiger partial charge in [0.2, 0.25) is 0 Å². The number of carbonyl (C=O) groups is 2. The molecule has 6 N–H and O–H groups in total. The highest BCUT2D eigenvalue weighted by atomic mass is 28.4. The number of tetrazole rings is 2. The molecule has 2 aromatic heterocycles. The topological polar surface area (TPSA) is 238 Å². The molecule has 474 valence electrons. The lowest BCUT2D eigenvalue weighted by molar-refractivity contribution is -0.159. The van der Waals surface area contributed by atoms with Gasteiger partial charge in [0.05, 0.1) is 25.4 Å². The second-order valence-corrected chi connectivity index (χ2v) is 31.5. The van der Waals surface area contributed by atoms with Crippen molar-refractivity contribution in [1.82, 2.24) is 41.2 Å².